The number of nitrogens with one attached hydrogen (secondary N) is 3. The van der Waals surface area contributed by atoms with Crippen molar-refractivity contribution in [3.05, 3.63) is 60.2 Å². The zero-order chi connectivity index (χ0) is 23.0. The third-order valence-corrected chi connectivity index (χ3v) is 5.99. The molecule has 9 nitrogen and oxygen atoms in total. The summed E-state index contributed by atoms with van der Waals surface area (Å²) in [6.07, 6.45) is 1.04. The van der Waals surface area contributed by atoms with Crippen molar-refractivity contribution < 1.29 is 17.9 Å². The highest BCUT2D eigenvalue weighted by molar-refractivity contribution is 7.99. The van der Waals surface area contributed by atoms with E-state index in [4.69, 9.17) is 4.74 Å². The maximum Gasteiger partial charge on any atom is 0.221 e. The lowest BCUT2D eigenvalue weighted by Gasteiger charge is -2.18. The van der Waals surface area contributed by atoms with Crippen molar-refractivity contribution in [2.75, 3.05) is 25.7 Å². The molecule has 0 saturated carbocycles. The van der Waals surface area contributed by atoms with Crippen LogP contribution in [0.3, 0.4) is 0 Å². The third kappa shape index (κ3) is 7.36. The van der Waals surface area contributed by atoms with Gasteiger partial charge in [-0.1, -0.05) is 54.2 Å². The number of hydrogen-bond donors (Lipinski definition) is 3. The van der Waals surface area contributed by atoms with Crippen molar-refractivity contribution >= 4 is 27.7 Å². The Morgan fingerprint density at radius 3 is 2.53 bits per heavy atom. The highest BCUT2D eigenvalue weighted by Crippen LogP contribution is 2.21. The Morgan fingerprint density at radius 2 is 1.88 bits per heavy atom. The fourth-order valence-electron chi connectivity index (χ4n) is 2.95. The van der Waals surface area contributed by atoms with Gasteiger partial charge in [0.1, 0.15) is 5.75 Å². The molecule has 0 aliphatic rings. The van der Waals surface area contributed by atoms with Crippen LogP contribution in [0.1, 0.15) is 18.0 Å². The summed E-state index contributed by atoms with van der Waals surface area (Å²) in [6.45, 7) is 0.396. The summed E-state index contributed by atoms with van der Waals surface area (Å²) in [5, 5.41) is 10.5. The van der Waals surface area contributed by atoms with E-state index in [9.17, 15) is 13.2 Å². The number of ether oxygens (including phenoxy) is 1. The van der Waals surface area contributed by atoms with E-state index in [1.165, 1.54) is 11.8 Å². The van der Waals surface area contributed by atoms with E-state index < -0.39 is 16.1 Å². The molecule has 0 saturated heterocycles. The van der Waals surface area contributed by atoms with Crippen LogP contribution in [-0.2, 0) is 14.8 Å². The molecule has 3 N–H and O–H groups in total. The first-order valence-corrected chi connectivity index (χ1v) is 12.7. The quantitative estimate of drug-likeness (QED) is 0.287. The predicted octanol–water partition coefficient (Wildman–Crippen LogP) is 2.37. The van der Waals surface area contributed by atoms with Crippen molar-refractivity contribution in [1.29, 1.82) is 0 Å². The Hall–Kier alpha value is -2.89. The van der Waals surface area contributed by atoms with E-state index in [0.29, 0.717) is 34.6 Å². The molecule has 0 bridgehead atoms. The Kier molecular flexibility index (Phi) is 8.26. The predicted molar refractivity (Wildman–Crippen MR) is 124 cm³/mol. The van der Waals surface area contributed by atoms with Gasteiger partial charge in [0, 0.05) is 24.3 Å². The topological polar surface area (TPSA) is 126 Å². The first kappa shape index (κ1) is 23.8. The highest BCUT2D eigenvalue weighted by atomic mass is 32.2. The molecule has 1 heterocycles. The average Bonchev–Trinajstić information content (AvgIpc) is 3.25. The summed E-state index contributed by atoms with van der Waals surface area (Å²) in [5.74, 6) is 1.65. The van der Waals surface area contributed by atoms with Crippen molar-refractivity contribution in [3.8, 4) is 17.1 Å². The van der Waals surface area contributed by atoms with Crippen molar-refractivity contribution in [3.63, 3.8) is 0 Å². The Morgan fingerprint density at radius 1 is 1.16 bits per heavy atom. The number of carbonyl (C=O) groups excluding carboxylic acids is 1. The van der Waals surface area contributed by atoms with Crippen LogP contribution in [0.2, 0.25) is 0 Å². The van der Waals surface area contributed by atoms with Crippen LogP contribution in [0, 0.1) is 0 Å². The lowest BCUT2D eigenvalue weighted by Crippen LogP contribution is -2.34. The molecule has 1 amide bonds. The molecule has 0 aliphatic carbocycles. The molecule has 1 atom stereocenters. The highest BCUT2D eigenvalue weighted by Gasteiger charge is 2.20. The fourth-order valence-corrected chi connectivity index (χ4v) is 4.34. The number of benzene rings is 2. The zero-order valence-electron chi connectivity index (χ0n) is 17.7. The summed E-state index contributed by atoms with van der Waals surface area (Å²) in [4.78, 5) is 16.9. The standard InChI is InChI=1S/C21H25N5O4S2/c1-30-17-10-8-15(9-11-17)18(26-32(2,28)29)14-19(27)22-12-13-31-21-23-20(24-25-21)16-6-4-3-5-7-16/h3-11,18,26H,12-14H2,1-2H3,(H,22,27)(H,23,24,25). The van der Waals surface area contributed by atoms with Crippen LogP contribution >= 0.6 is 11.8 Å². The lowest BCUT2D eigenvalue weighted by molar-refractivity contribution is -0.121. The minimum Gasteiger partial charge on any atom is -0.497 e. The van der Waals surface area contributed by atoms with Gasteiger partial charge in [0.25, 0.3) is 0 Å². The fraction of sp³-hybridized carbons (Fsp3) is 0.286. The molecule has 1 unspecified atom stereocenters. The molecule has 2 aromatic carbocycles. The van der Waals surface area contributed by atoms with E-state index in [1.807, 2.05) is 30.3 Å². The number of aromatic nitrogens is 3. The van der Waals surface area contributed by atoms with Crippen LogP contribution < -0.4 is 14.8 Å². The minimum atomic E-state index is -3.50. The van der Waals surface area contributed by atoms with Crippen LogP contribution in [0.4, 0.5) is 0 Å². The number of rotatable bonds is 11. The van der Waals surface area contributed by atoms with Gasteiger partial charge in [-0.05, 0) is 17.7 Å². The maximum atomic E-state index is 12.4. The van der Waals surface area contributed by atoms with Gasteiger partial charge < -0.3 is 10.1 Å². The number of amides is 1. The Labute approximate surface area is 191 Å². The number of nitrogens with zero attached hydrogens (tertiary/aromatic N) is 2. The normalized spacial score (nSPS) is 12.3. The van der Waals surface area contributed by atoms with Crippen molar-refractivity contribution in [2.24, 2.45) is 0 Å². The van der Waals surface area contributed by atoms with E-state index in [1.54, 1.807) is 31.4 Å². The smallest absolute Gasteiger partial charge is 0.221 e. The van der Waals surface area contributed by atoms with Crippen molar-refractivity contribution in [1.82, 2.24) is 25.2 Å². The van der Waals surface area contributed by atoms with Gasteiger partial charge in [-0.15, -0.1) is 5.10 Å². The van der Waals surface area contributed by atoms with Gasteiger partial charge in [-0.3, -0.25) is 9.89 Å². The first-order chi connectivity index (χ1) is 15.3. The van der Waals surface area contributed by atoms with Crippen LogP contribution in [0.5, 0.6) is 5.75 Å². The molecule has 0 radical (unpaired) electrons. The van der Waals surface area contributed by atoms with Gasteiger partial charge >= 0.3 is 0 Å². The SMILES string of the molecule is COc1ccc(C(CC(=O)NCCSc2n[nH]c(-c3ccccc3)n2)NS(C)(=O)=O)cc1. The van der Waals surface area contributed by atoms with Crippen LogP contribution in [-0.4, -0.2) is 55.2 Å². The van der Waals surface area contributed by atoms with Gasteiger partial charge in [-0.2, -0.15) is 0 Å². The van der Waals surface area contributed by atoms with Crippen LogP contribution in [0.15, 0.2) is 59.8 Å². The number of H-pyrrole nitrogens is 1. The minimum absolute atomic E-state index is 0.0249. The first-order valence-electron chi connectivity index (χ1n) is 9.82. The van der Waals surface area contributed by atoms with E-state index >= 15 is 0 Å². The van der Waals surface area contributed by atoms with Gasteiger partial charge in [0.2, 0.25) is 21.1 Å². The molecule has 170 valence electrons. The van der Waals surface area contributed by atoms with Gasteiger partial charge in [0.05, 0.1) is 19.4 Å². The molecule has 32 heavy (non-hydrogen) atoms. The second-order valence-corrected chi connectivity index (χ2v) is 9.79. The Bertz CT molecular complexity index is 1120. The second kappa shape index (κ2) is 11.1. The van der Waals surface area contributed by atoms with Gasteiger partial charge in [0.15, 0.2) is 5.82 Å². The maximum absolute atomic E-state index is 12.4. The van der Waals surface area contributed by atoms with Crippen molar-refractivity contribution in [2.45, 2.75) is 17.6 Å². The van der Waals surface area contributed by atoms with E-state index in [2.05, 4.69) is 25.2 Å². The Balaban J connectivity index is 1.50. The summed E-state index contributed by atoms with van der Waals surface area (Å²) in [6, 6.07) is 15.9. The summed E-state index contributed by atoms with van der Waals surface area (Å²) in [5.41, 5.74) is 1.62. The van der Waals surface area contributed by atoms with E-state index in [0.717, 1.165) is 11.8 Å². The van der Waals surface area contributed by atoms with Crippen LogP contribution in [0.25, 0.3) is 11.4 Å². The number of sulfonamides is 1. The molecular weight excluding hydrogens is 450 g/mol. The zero-order valence-corrected chi connectivity index (χ0v) is 19.4. The molecule has 1 aromatic heterocycles. The molecule has 3 rings (SSSR count). The van der Waals surface area contributed by atoms with Gasteiger partial charge in [-0.25, -0.2) is 18.1 Å². The third-order valence-electron chi connectivity index (χ3n) is 4.43. The average molecular weight is 476 g/mol. The monoisotopic (exact) mass is 475 g/mol. The summed E-state index contributed by atoms with van der Waals surface area (Å²) < 4.78 is 31.2. The molecule has 11 heteroatoms. The second-order valence-electron chi connectivity index (χ2n) is 6.95. The molecule has 0 fully saturated rings. The summed E-state index contributed by atoms with van der Waals surface area (Å²) >= 11 is 1.41. The van der Waals surface area contributed by atoms with E-state index in [-0.39, 0.29) is 12.3 Å². The summed E-state index contributed by atoms with van der Waals surface area (Å²) in [7, 11) is -1.95. The number of carbonyl (C=O) groups is 1. The molecule has 3 aromatic rings. The number of aromatic amines is 1. The molecule has 0 spiro atoms. The lowest BCUT2D eigenvalue weighted by atomic mass is 10.0. The molecular formula is C21H25N5O4S2. The molecule has 0 aliphatic heterocycles. The number of thioether (sulfide) groups is 1. The number of hydrogen-bond acceptors (Lipinski definition) is 7. The number of methoxy groups -OCH3 is 1. The largest absolute Gasteiger partial charge is 0.497 e.